The molecule has 0 aliphatic heterocycles. The molecule has 0 unspecified atom stereocenters. The number of aromatic nitrogens is 2. The van der Waals surface area contributed by atoms with E-state index in [1.165, 1.54) is 36.5 Å². The van der Waals surface area contributed by atoms with Gasteiger partial charge in [-0.15, -0.1) is 0 Å². The molecule has 0 atom stereocenters. The van der Waals surface area contributed by atoms with Gasteiger partial charge in [0.1, 0.15) is 11.6 Å². The summed E-state index contributed by atoms with van der Waals surface area (Å²) in [5.74, 6) is -0.880. The van der Waals surface area contributed by atoms with Crippen molar-refractivity contribution >= 4 is 20.7 Å². The molecule has 2 heterocycles. The predicted molar refractivity (Wildman–Crippen MR) is 102 cm³/mol. The summed E-state index contributed by atoms with van der Waals surface area (Å²) in [6, 6.07) is 12.1. The normalized spacial score (nSPS) is 11.8. The van der Waals surface area contributed by atoms with E-state index in [0.29, 0.717) is 11.1 Å². The summed E-state index contributed by atoms with van der Waals surface area (Å²) in [5.41, 5.74) is 2.72. The molecule has 0 saturated carbocycles. The Morgan fingerprint density at radius 2 is 1.71 bits per heavy atom. The molecule has 2 aromatic heterocycles. The topological polar surface area (TPSA) is 62.8 Å². The van der Waals surface area contributed by atoms with Crippen molar-refractivity contribution in [3.8, 4) is 0 Å². The Hall–Kier alpha value is -3.06. The Morgan fingerprint density at radius 3 is 2.46 bits per heavy atom. The molecule has 1 N–H and O–H groups in total. The van der Waals surface area contributed by atoms with Gasteiger partial charge in [-0.05, 0) is 67.1 Å². The highest BCUT2D eigenvalue weighted by Crippen LogP contribution is 2.29. The molecule has 4 nitrogen and oxygen atoms in total. The van der Waals surface area contributed by atoms with E-state index in [1.807, 2.05) is 6.92 Å². The fraction of sp³-hybridized carbons (Fsp3) is 0.0952. The monoisotopic (exact) mass is 398 g/mol. The molecule has 0 fully saturated rings. The molecule has 4 rings (SSSR count). The van der Waals surface area contributed by atoms with E-state index in [1.54, 1.807) is 12.1 Å². The molecule has 0 aliphatic rings. The Balaban J connectivity index is 1.83. The molecule has 0 aliphatic carbocycles. The number of nitrogens with zero attached hydrogens (tertiary/aromatic N) is 1. The number of hydrogen-bond acceptors (Lipinski definition) is 3. The molecule has 0 spiro atoms. The zero-order valence-electron chi connectivity index (χ0n) is 14.9. The van der Waals surface area contributed by atoms with Gasteiger partial charge in [0.25, 0.3) is 0 Å². The van der Waals surface area contributed by atoms with E-state index in [-0.39, 0.29) is 22.0 Å². The van der Waals surface area contributed by atoms with Crippen molar-refractivity contribution < 1.29 is 17.2 Å². The van der Waals surface area contributed by atoms with Crippen molar-refractivity contribution in [2.24, 2.45) is 0 Å². The maximum atomic E-state index is 13.7. The minimum atomic E-state index is -3.88. The number of H-pyrrole nitrogens is 1. The highest BCUT2D eigenvalue weighted by atomic mass is 32.2. The summed E-state index contributed by atoms with van der Waals surface area (Å²) in [5, 5.41) is 0.688. The van der Waals surface area contributed by atoms with Crippen LogP contribution in [0.1, 0.15) is 17.0 Å². The van der Waals surface area contributed by atoms with Crippen LogP contribution in [-0.2, 0) is 16.3 Å². The highest BCUT2D eigenvalue weighted by molar-refractivity contribution is 7.91. The lowest BCUT2D eigenvalue weighted by Gasteiger charge is -2.10. The Kier molecular flexibility index (Phi) is 4.47. The number of hydrogen-bond donors (Lipinski definition) is 1. The first kappa shape index (κ1) is 18.3. The van der Waals surface area contributed by atoms with Crippen LogP contribution in [0.5, 0.6) is 0 Å². The van der Waals surface area contributed by atoms with Crippen LogP contribution in [0.3, 0.4) is 0 Å². The third kappa shape index (κ3) is 3.18. The van der Waals surface area contributed by atoms with Crippen LogP contribution in [0.15, 0.2) is 70.6 Å². The zero-order chi connectivity index (χ0) is 19.9. The van der Waals surface area contributed by atoms with Gasteiger partial charge >= 0.3 is 0 Å². The average Bonchev–Trinajstić information content (AvgIpc) is 2.97. The molecule has 0 bridgehead atoms. The van der Waals surface area contributed by atoms with E-state index < -0.39 is 15.7 Å². The molecule has 142 valence electrons. The van der Waals surface area contributed by atoms with Gasteiger partial charge < -0.3 is 4.98 Å². The Bertz CT molecular complexity index is 1280. The van der Waals surface area contributed by atoms with E-state index in [2.05, 4.69) is 9.97 Å². The summed E-state index contributed by atoms with van der Waals surface area (Å²) in [4.78, 5) is 7.50. The number of halogens is 2. The number of aryl methyl sites for hydroxylation is 1. The quantitative estimate of drug-likeness (QED) is 0.512. The smallest absolute Gasteiger partial charge is 0.208 e. The summed E-state index contributed by atoms with van der Waals surface area (Å²) in [6.07, 6.45) is 1.73. The van der Waals surface area contributed by atoms with E-state index in [0.717, 1.165) is 28.9 Å². The Morgan fingerprint density at radius 1 is 1.00 bits per heavy atom. The van der Waals surface area contributed by atoms with Crippen molar-refractivity contribution in [3.05, 3.63) is 89.4 Å². The molecular formula is C21H16F2N2O2S. The summed E-state index contributed by atoms with van der Waals surface area (Å²) < 4.78 is 53.1. The number of pyridine rings is 1. The number of rotatable bonds is 4. The maximum Gasteiger partial charge on any atom is 0.208 e. The van der Waals surface area contributed by atoms with E-state index in [9.17, 15) is 17.2 Å². The molecular weight excluding hydrogens is 382 g/mol. The van der Waals surface area contributed by atoms with Crippen LogP contribution in [-0.4, -0.2) is 18.4 Å². The zero-order valence-corrected chi connectivity index (χ0v) is 15.7. The van der Waals surface area contributed by atoms with E-state index in [4.69, 9.17) is 0 Å². The standard InChI is InChI=1S/C21H16F2N2O2S/c1-13-17(18-11-15(23)6-9-19(18)25-13)12-20-21(3-2-10-24-20)28(26,27)16-7-4-14(22)5-8-16/h2-11,25H,12H2,1H3. The summed E-state index contributed by atoms with van der Waals surface area (Å²) in [7, 11) is -3.88. The molecule has 0 amide bonds. The van der Waals surface area contributed by atoms with Crippen molar-refractivity contribution in [2.75, 3.05) is 0 Å². The summed E-state index contributed by atoms with van der Waals surface area (Å²) in [6.45, 7) is 1.85. The number of sulfone groups is 1. The highest BCUT2D eigenvalue weighted by Gasteiger charge is 2.23. The van der Waals surface area contributed by atoms with Crippen LogP contribution in [0, 0.1) is 18.6 Å². The third-order valence-electron chi connectivity index (χ3n) is 4.69. The second-order valence-electron chi connectivity index (χ2n) is 6.50. The Labute approximate surface area is 160 Å². The van der Waals surface area contributed by atoms with Gasteiger partial charge in [-0.2, -0.15) is 0 Å². The van der Waals surface area contributed by atoms with Gasteiger partial charge in [-0.1, -0.05) is 0 Å². The largest absolute Gasteiger partial charge is 0.358 e. The molecule has 2 aromatic carbocycles. The SMILES string of the molecule is Cc1[nH]c2ccc(F)cc2c1Cc1ncccc1S(=O)(=O)c1ccc(F)cc1. The van der Waals surface area contributed by atoms with Gasteiger partial charge in [0.05, 0.1) is 15.5 Å². The fourth-order valence-electron chi connectivity index (χ4n) is 3.29. The molecule has 28 heavy (non-hydrogen) atoms. The van der Waals surface area contributed by atoms with Crippen molar-refractivity contribution in [3.63, 3.8) is 0 Å². The second-order valence-corrected chi connectivity index (χ2v) is 8.42. The molecule has 4 aromatic rings. The fourth-order valence-corrected chi connectivity index (χ4v) is 4.73. The summed E-state index contributed by atoms with van der Waals surface area (Å²) >= 11 is 0. The van der Waals surface area contributed by atoms with Gasteiger partial charge in [0, 0.05) is 29.2 Å². The van der Waals surface area contributed by atoms with Crippen LogP contribution in [0.25, 0.3) is 10.9 Å². The minimum absolute atomic E-state index is 0.00940. The van der Waals surface area contributed by atoms with Crippen LogP contribution >= 0.6 is 0 Å². The number of nitrogens with one attached hydrogen (secondary N) is 1. The van der Waals surface area contributed by atoms with Crippen molar-refractivity contribution in [1.29, 1.82) is 0 Å². The van der Waals surface area contributed by atoms with Crippen LogP contribution in [0.4, 0.5) is 8.78 Å². The number of fused-ring (bicyclic) bond motifs is 1. The number of aromatic amines is 1. The molecule has 0 saturated heterocycles. The van der Waals surface area contributed by atoms with Gasteiger partial charge in [-0.3, -0.25) is 4.98 Å². The first-order chi connectivity index (χ1) is 13.4. The van der Waals surface area contributed by atoms with Gasteiger partial charge in [0.2, 0.25) is 9.84 Å². The lowest BCUT2D eigenvalue weighted by atomic mass is 10.1. The van der Waals surface area contributed by atoms with Gasteiger partial charge in [0.15, 0.2) is 0 Å². The first-order valence-corrected chi connectivity index (χ1v) is 10.1. The number of benzene rings is 2. The van der Waals surface area contributed by atoms with Crippen LogP contribution in [0.2, 0.25) is 0 Å². The third-order valence-corrected chi connectivity index (χ3v) is 6.53. The lowest BCUT2D eigenvalue weighted by Crippen LogP contribution is -2.08. The van der Waals surface area contributed by atoms with Crippen LogP contribution < -0.4 is 0 Å². The second kappa shape index (κ2) is 6.83. The molecule has 7 heteroatoms. The van der Waals surface area contributed by atoms with Gasteiger partial charge in [-0.25, -0.2) is 17.2 Å². The van der Waals surface area contributed by atoms with Crippen molar-refractivity contribution in [2.45, 2.75) is 23.1 Å². The maximum absolute atomic E-state index is 13.7. The molecule has 0 radical (unpaired) electrons. The van der Waals surface area contributed by atoms with E-state index >= 15 is 0 Å². The minimum Gasteiger partial charge on any atom is -0.358 e. The lowest BCUT2D eigenvalue weighted by molar-refractivity contribution is 0.593. The average molecular weight is 398 g/mol. The van der Waals surface area contributed by atoms with Crippen molar-refractivity contribution in [1.82, 2.24) is 9.97 Å². The predicted octanol–water partition coefficient (Wildman–Crippen LogP) is 4.57. The first-order valence-electron chi connectivity index (χ1n) is 8.57.